The molecule has 3 nitrogen and oxygen atoms in total. The number of esters is 1. The van der Waals surface area contributed by atoms with Crippen molar-refractivity contribution in [3.63, 3.8) is 0 Å². The van der Waals surface area contributed by atoms with Crippen molar-refractivity contribution in [3.8, 4) is 0 Å². The van der Waals surface area contributed by atoms with Gasteiger partial charge in [0.2, 0.25) is 0 Å². The molecule has 1 rings (SSSR count). The number of ether oxygens (including phenoxy) is 1. The highest BCUT2D eigenvalue weighted by atomic mass is 16.5. The first kappa shape index (κ1) is 12.5. The van der Waals surface area contributed by atoms with E-state index in [0.717, 1.165) is 6.54 Å². The topological polar surface area (TPSA) is 38.3 Å². The zero-order valence-electron chi connectivity index (χ0n) is 9.97. The lowest BCUT2D eigenvalue weighted by Crippen LogP contribution is -2.36. The zero-order valence-corrected chi connectivity index (χ0v) is 9.97. The summed E-state index contributed by atoms with van der Waals surface area (Å²) in [6, 6.07) is 0. The van der Waals surface area contributed by atoms with E-state index in [4.69, 9.17) is 4.74 Å². The molecule has 88 valence electrons. The van der Waals surface area contributed by atoms with E-state index in [-0.39, 0.29) is 5.97 Å². The lowest BCUT2D eigenvalue weighted by atomic mass is 9.76. The average molecular weight is 213 g/mol. The van der Waals surface area contributed by atoms with Gasteiger partial charge in [-0.25, -0.2) is 0 Å². The fourth-order valence-electron chi connectivity index (χ4n) is 2.26. The third kappa shape index (κ3) is 4.65. The highest BCUT2D eigenvalue weighted by Gasteiger charge is 2.26. The quantitative estimate of drug-likeness (QED) is 0.711. The highest BCUT2D eigenvalue weighted by Crippen LogP contribution is 2.34. The largest absolute Gasteiger partial charge is 0.465 e. The maximum Gasteiger partial charge on any atom is 0.319 e. The molecule has 0 aromatic heterocycles. The summed E-state index contributed by atoms with van der Waals surface area (Å²) in [5.74, 6) is -0.142. The van der Waals surface area contributed by atoms with Crippen LogP contribution in [0.4, 0.5) is 0 Å². The van der Waals surface area contributed by atoms with E-state index in [2.05, 4.69) is 12.2 Å². The first-order valence-electron chi connectivity index (χ1n) is 6.03. The normalized spacial score (nSPS) is 19.9. The molecule has 0 unspecified atom stereocenters. The standard InChI is InChI=1S/C12H23NO2/c1-3-15-11(14)9-13-10-12(2)7-5-4-6-8-12/h13H,3-10H2,1-2H3. The predicted octanol–water partition coefficient (Wildman–Crippen LogP) is 2.11. The number of hydrogen-bond donors (Lipinski definition) is 1. The van der Waals surface area contributed by atoms with Gasteiger partial charge in [-0.3, -0.25) is 4.79 Å². The van der Waals surface area contributed by atoms with Crippen molar-refractivity contribution >= 4 is 5.97 Å². The minimum Gasteiger partial charge on any atom is -0.465 e. The van der Waals surface area contributed by atoms with E-state index in [1.165, 1.54) is 32.1 Å². The van der Waals surface area contributed by atoms with Gasteiger partial charge in [0.05, 0.1) is 13.2 Å². The van der Waals surface area contributed by atoms with E-state index in [9.17, 15) is 4.79 Å². The van der Waals surface area contributed by atoms with Crippen molar-refractivity contribution < 1.29 is 9.53 Å². The van der Waals surface area contributed by atoms with Crippen molar-refractivity contribution in [2.24, 2.45) is 5.41 Å². The summed E-state index contributed by atoms with van der Waals surface area (Å²) in [5, 5.41) is 3.21. The molecule has 0 aromatic carbocycles. The lowest BCUT2D eigenvalue weighted by molar-refractivity contribution is -0.142. The molecule has 0 radical (unpaired) electrons. The van der Waals surface area contributed by atoms with Gasteiger partial charge in [0.1, 0.15) is 0 Å². The molecule has 0 aliphatic heterocycles. The van der Waals surface area contributed by atoms with E-state index in [0.29, 0.717) is 18.6 Å². The molecule has 0 atom stereocenters. The summed E-state index contributed by atoms with van der Waals surface area (Å²) in [6.07, 6.45) is 6.59. The molecule has 0 bridgehead atoms. The second-order valence-electron chi connectivity index (χ2n) is 4.78. The van der Waals surface area contributed by atoms with E-state index < -0.39 is 0 Å². The summed E-state index contributed by atoms with van der Waals surface area (Å²) in [6.45, 7) is 5.90. The molecule has 1 fully saturated rings. The van der Waals surface area contributed by atoms with Crippen molar-refractivity contribution in [1.82, 2.24) is 5.32 Å². The molecule has 15 heavy (non-hydrogen) atoms. The summed E-state index contributed by atoms with van der Waals surface area (Å²) in [5.41, 5.74) is 0.394. The van der Waals surface area contributed by atoms with Gasteiger partial charge < -0.3 is 10.1 Å². The van der Waals surface area contributed by atoms with Crippen molar-refractivity contribution in [2.45, 2.75) is 46.0 Å². The summed E-state index contributed by atoms with van der Waals surface area (Å²) in [4.78, 5) is 11.1. The Bertz CT molecular complexity index is 198. The molecule has 1 N–H and O–H groups in total. The Morgan fingerprint density at radius 3 is 2.60 bits per heavy atom. The molecule has 0 amide bonds. The van der Waals surface area contributed by atoms with Crippen LogP contribution >= 0.6 is 0 Å². The van der Waals surface area contributed by atoms with Crippen LogP contribution in [0.5, 0.6) is 0 Å². The minimum atomic E-state index is -0.142. The van der Waals surface area contributed by atoms with Crippen LogP contribution in [0.1, 0.15) is 46.0 Å². The van der Waals surface area contributed by atoms with Gasteiger partial charge >= 0.3 is 5.97 Å². The second kappa shape index (κ2) is 6.11. The smallest absolute Gasteiger partial charge is 0.319 e. The Balaban J connectivity index is 2.15. The molecule has 1 saturated carbocycles. The fourth-order valence-corrected chi connectivity index (χ4v) is 2.26. The van der Waals surface area contributed by atoms with E-state index in [1.54, 1.807) is 0 Å². The van der Waals surface area contributed by atoms with Crippen LogP contribution in [0.15, 0.2) is 0 Å². The third-order valence-corrected chi connectivity index (χ3v) is 3.19. The third-order valence-electron chi connectivity index (χ3n) is 3.19. The molecule has 3 heteroatoms. The Labute approximate surface area is 92.6 Å². The van der Waals surface area contributed by atoms with Crippen LogP contribution in [-0.2, 0) is 9.53 Å². The maximum absolute atomic E-state index is 11.1. The number of rotatable bonds is 5. The van der Waals surface area contributed by atoms with Crippen LogP contribution in [0, 0.1) is 5.41 Å². The van der Waals surface area contributed by atoms with Gasteiger partial charge in [-0.1, -0.05) is 26.2 Å². The first-order chi connectivity index (χ1) is 7.16. The summed E-state index contributed by atoms with van der Waals surface area (Å²) >= 11 is 0. The highest BCUT2D eigenvalue weighted by molar-refractivity contribution is 5.71. The van der Waals surface area contributed by atoms with Gasteiger partial charge in [-0.05, 0) is 25.2 Å². The van der Waals surface area contributed by atoms with Crippen molar-refractivity contribution in [1.29, 1.82) is 0 Å². The molecule has 1 aliphatic rings. The van der Waals surface area contributed by atoms with Gasteiger partial charge in [-0.2, -0.15) is 0 Å². The van der Waals surface area contributed by atoms with Crippen LogP contribution in [0.25, 0.3) is 0 Å². The summed E-state index contributed by atoms with van der Waals surface area (Å²) in [7, 11) is 0. The van der Waals surface area contributed by atoms with Gasteiger partial charge in [-0.15, -0.1) is 0 Å². The molecule has 1 aliphatic carbocycles. The number of carbonyl (C=O) groups is 1. The van der Waals surface area contributed by atoms with Gasteiger partial charge in [0.15, 0.2) is 0 Å². The second-order valence-corrected chi connectivity index (χ2v) is 4.78. The van der Waals surface area contributed by atoms with E-state index >= 15 is 0 Å². The van der Waals surface area contributed by atoms with Crippen molar-refractivity contribution in [2.75, 3.05) is 19.7 Å². The molecule has 0 heterocycles. The Morgan fingerprint density at radius 1 is 1.33 bits per heavy atom. The van der Waals surface area contributed by atoms with Crippen LogP contribution in [0.3, 0.4) is 0 Å². The average Bonchev–Trinajstić information content (AvgIpc) is 2.19. The van der Waals surface area contributed by atoms with Gasteiger partial charge in [0, 0.05) is 6.54 Å². The Hall–Kier alpha value is -0.570. The monoisotopic (exact) mass is 213 g/mol. The first-order valence-corrected chi connectivity index (χ1v) is 6.03. The molecule has 0 saturated heterocycles. The summed E-state index contributed by atoms with van der Waals surface area (Å²) < 4.78 is 4.86. The fraction of sp³-hybridized carbons (Fsp3) is 0.917. The predicted molar refractivity (Wildman–Crippen MR) is 60.7 cm³/mol. The number of hydrogen-bond acceptors (Lipinski definition) is 3. The minimum absolute atomic E-state index is 0.142. The molecular formula is C12H23NO2. The molecular weight excluding hydrogens is 190 g/mol. The SMILES string of the molecule is CCOC(=O)CNCC1(C)CCCCC1. The molecule has 0 aromatic rings. The lowest BCUT2D eigenvalue weighted by Gasteiger charge is -2.33. The zero-order chi connectivity index (χ0) is 11.1. The Kier molecular flexibility index (Phi) is 5.09. The van der Waals surface area contributed by atoms with Crippen LogP contribution in [0.2, 0.25) is 0 Å². The van der Waals surface area contributed by atoms with Gasteiger partial charge in [0.25, 0.3) is 0 Å². The molecule has 0 spiro atoms. The maximum atomic E-state index is 11.1. The van der Waals surface area contributed by atoms with E-state index in [1.807, 2.05) is 6.92 Å². The Morgan fingerprint density at radius 2 is 2.00 bits per heavy atom. The number of nitrogens with one attached hydrogen (secondary N) is 1. The van der Waals surface area contributed by atoms with Crippen molar-refractivity contribution in [3.05, 3.63) is 0 Å². The van der Waals surface area contributed by atoms with Crippen LogP contribution in [-0.4, -0.2) is 25.7 Å². The number of carbonyl (C=O) groups excluding carboxylic acids is 1. The van der Waals surface area contributed by atoms with Crippen LogP contribution < -0.4 is 5.32 Å².